The van der Waals surface area contributed by atoms with Gasteiger partial charge in [0.1, 0.15) is 17.6 Å². The average Bonchev–Trinajstić information content (AvgIpc) is 3.11. The summed E-state index contributed by atoms with van der Waals surface area (Å²) < 4.78 is 11.8. The third-order valence-corrected chi connectivity index (χ3v) is 4.93. The third-order valence-electron chi connectivity index (χ3n) is 4.69. The molecule has 5 heteroatoms. The molecule has 0 spiro atoms. The van der Waals surface area contributed by atoms with Crippen LogP contribution in [0.1, 0.15) is 41.6 Å². The van der Waals surface area contributed by atoms with Gasteiger partial charge in [0.2, 0.25) is 0 Å². The molecule has 2 atom stereocenters. The Kier molecular flexibility index (Phi) is 3.85. The molecule has 0 saturated carbocycles. The van der Waals surface area contributed by atoms with Crippen LogP contribution in [0.2, 0.25) is 5.02 Å². The van der Waals surface area contributed by atoms with Crippen LogP contribution >= 0.6 is 11.6 Å². The van der Waals surface area contributed by atoms with Crippen LogP contribution in [0.15, 0.2) is 36.4 Å². The van der Waals surface area contributed by atoms with Crippen molar-refractivity contribution in [1.29, 1.82) is 0 Å². The summed E-state index contributed by atoms with van der Waals surface area (Å²) in [5, 5.41) is 9.72. The zero-order valence-corrected chi connectivity index (χ0v) is 13.8. The number of benzene rings is 2. The van der Waals surface area contributed by atoms with Crippen LogP contribution in [-0.4, -0.2) is 17.7 Å². The molecule has 0 radical (unpaired) electrons. The summed E-state index contributed by atoms with van der Waals surface area (Å²) in [7, 11) is 0. The standard InChI is InChI=1S/C19H17ClO4/c20-13-2-4-15-11(7-13)1-6-17(15)24-14-3-5-16-12(8-19(21)22)10-23-18(16)9-14/h2-5,7,9,12,17H,1,6,8,10H2,(H,21,22)/t12-,17-/m1/s1. The number of halogens is 1. The second kappa shape index (κ2) is 6.02. The Bertz CT molecular complexity index is 802. The largest absolute Gasteiger partial charge is 0.492 e. The molecular weight excluding hydrogens is 328 g/mol. The molecule has 124 valence electrons. The maximum absolute atomic E-state index is 10.9. The number of carboxylic acid groups (broad SMARTS) is 1. The van der Waals surface area contributed by atoms with Gasteiger partial charge in [0, 0.05) is 22.6 Å². The van der Waals surface area contributed by atoms with Gasteiger partial charge < -0.3 is 14.6 Å². The minimum atomic E-state index is -0.807. The minimum absolute atomic E-state index is 0.0199. The monoisotopic (exact) mass is 344 g/mol. The fraction of sp³-hybridized carbons (Fsp3) is 0.316. The Morgan fingerprint density at radius 3 is 2.92 bits per heavy atom. The van der Waals surface area contributed by atoms with E-state index in [9.17, 15) is 4.79 Å². The Labute approximate surface area is 145 Å². The molecule has 0 aromatic heterocycles. The van der Waals surface area contributed by atoms with Crippen LogP contribution in [0.4, 0.5) is 0 Å². The Morgan fingerprint density at radius 1 is 1.25 bits per heavy atom. The SMILES string of the molecule is O=C(O)C[C@@H]1COc2cc(O[C@@H]3CCc4cc(Cl)ccc43)ccc21. The van der Waals surface area contributed by atoms with Gasteiger partial charge in [-0.2, -0.15) is 0 Å². The number of fused-ring (bicyclic) bond motifs is 2. The lowest BCUT2D eigenvalue weighted by Crippen LogP contribution is -2.07. The van der Waals surface area contributed by atoms with Crippen LogP contribution < -0.4 is 9.47 Å². The zero-order chi connectivity index (χ0) is 16.7. The summed E-state index contributed by atoms with van der Waals surface area (Å²) in [6.07, 6.45) is 1.99. The van der Waals surface area contributed by atoms with Crippen molar-refractivity contribution in [1.82, 2.24) is 0 Å². The molecule has 0 bridgehead atoms. The molecule has 0 fully saturated rings. The predicted molar refractivity (Wildman–Crippen MR) is 90.1 cm³/mol. The van der Waals surface area contributed by atoms with Crippen LogP contribution in [-0.2, 0) is 11.2 Å². The lowest BCUT2D eigenvalue weighted by atomic mass is 9.98. The van der Waals surface area contributed by atoms with Crippen molar-refractivity contribution in [2.75, 3.05) is 6.61 Å². The van der Waals surface area contributed by atoms with Gasteiger partial charge in [-0.3, -0.25) is 4.79 Å². The molecule has 0 amide bonds. The Hall–Kier alpha value is -2.20. The first-order chi connectivity index (χ1) is 11.6. The van der Waals surface area contributed by atoms with Crippen molar-refractivity contribution in [2.45, 2.75) is 31.3 Å². The molecule has 0 unspecified atom stereocenters. The van der Waals surface area contributed by atoms with Crippen LogP contribution in [0.5, 0.6) is 11.5 Å². The molecule has 1 N–H and O–H groups in total. The van der Waals surface area contributed by atoms with Crippen molar-refractivity contribution in [3.8, 4) is 11.5 Å². The average molecular weight is 345 g/mol. The number of rotatable bonds is 4. The molecule has 2 aromatic carbocycles. The molecule has 1 aliphatic heterocycles. The number of hydrogen-bond donors (Lipinski definition) is 1. The van der Waals surface area contributed by atoms with Gasteiger partial charge in [0.15, 0.2) is 0 Å². The fourth-order valence-corrected chi connectivity index (χ4v) is 3.74. The zero-order valence-electron chi connectivity index (χ0n) is 13.0. The Balaban J connectivity index is 1.53. The lowest BCUT2D eigenvalue weighted by Gasteiger charge is -2.16. The van der Waals surface area contributed by atoms with Gasteiger partial charge in [0.25, 0.3) is 0 Å². The smallest absolute Gasteiger partial charge is 0.304 e. The van der Waals surface area contributed by atoms with E-state index in [-0.39, 0.29) is 18.4 Å². The van der Waals surface area contributed by atoms with E-state index in [0.29, 0.717) is 6.61 Å². The molecule has 1 aliphatic carbocycles. The van der Waals surface area contributed by atoms with Crippen LogP contribution in [0, 0.1) is 0 Å². The highest BCUT2D eigenvalue weighted by molar-refractivity contribution is 6.30. The van der Waals surface area contributed by atoms with Gasteiger partial charge in [-0.1, -0.05) is 23.7 Å². The first-order valence-corrected chi connectivity index (χ1v) is 8.41. The van der Waals surface area contributed by atoms with Crippen molar-refractivity contribution >= 4 is 17.6 Å². The highest BCUT2D eigenvalue weighted by atomic mass is 35.5. The quantitative estimate of drug-likeness (QED) is 0.895. The number of ether oxygens (including phenoxy) is 2. The fourth-order valence-electron chi connectivity index (χ4n) is 3.54. The normalized spacial score (nSPS) is 21.0. The van der Waals surface area contributed by atoms with Crippen molar-refractivity contribution in [3.05, 3.63) is 58.1 Å². The van der Waals surface area contributed by atoms with Gasteiger partial charge in [0.05, 0.1) is 13.0 Å². The summed E-state index contributed by atoms with van der Waals surface area (Å²) in [6.45, 7) is 0.413. The van der Waals surface area contributed by atoms with Gasteiger partial charge in [-0.25, -0.2) is 0 Å². The summed E-state index contributed by atoms with van der Waals surface area (Å²) in [6, 6.07) is 11.6. The summed E-state index contributed by atoms with van der Waals surface area (Å²) >= 11 is 6.05. The minimum Gasteiger partial charge on any atom is -0.492 e. The summed E-state index contributed by atoms with van der Waals surface area (Å²) in [4.78, 5) is 10.9. The van der Waals surface area contributed by atoms with Gasteiger partial charge in [-0.15, -0.1) is 0 Å². The first kappa shape index (κ1) is 15.3. The Morgan fingerprint density at radius 2 is 2.08 bits per heavy atom. The van der Waals surface area contributed by atoms with E-state index in [1.54, 1.807) is 0 Å². The second-order valence-electron chi connectivity index (χ2n) is 6.29. The number of hydrogen-bond acceptors (Lipinski definition) is 3. The maximum atomic E-state index is 10.9. The van der Waals surface area contributed by atoms with Crippen LogP contribution in [0.25, 0.3) is 0 Å². The molecular formula is C19H17ClO4. The lowest BCUT2D eigenvalue weighted by molar-refractivity contribution is -0.137. The van der Waals surface area contributed by atoms with E-state index in [4.69, 9.17) is 26.2 Å². The van der Waals surface area contributed by atoms with Gasteiger partial charge >= 0.3 is 5.97 Å². The van der Waals surface area contributed by atoms with Gasteiger partial charge in [-0.05, 0) is 42.2 Å². The molecule has 0 saturated heterocycles. The molecule has 1 heterocycles. The highest BCUT2D eigenvalue weighted by Gasteiger charge is 2.28. The highest BCUT2D eigenvalue weighted by Crippen LogP contribution is 2.41. The molecule has 2 aromatic rings. The topological polar surface area (TPSA) is 55.8 Å². The van der Waals surface area contributed by atoms with Crippen molar-refractivity contribution in [2.24, 2.45) is 0 Å². The number of carboxylic acids is 1. The number of aryl methyl sites for hydroxylation is 1. The molecule has 24 heavy (non-hydrogen) atoms. The van der Waals surface area contributed by atoms with E-state index in [1.807, 2.05) is 36.4 Å². The van der Waals surface area contributed by atoms with Crippen molar-refractivity contribution in [3.63, 3.8) is 0 Å². The molecule has 2 aliphatic rings. The third kappa shape index (κ3) is 2.82. The molecule has 4 rings (SSSR count). The van der Waals surface area contributed by atoms with Crippen LogP contribution in [0.3, 0.4) is 0 Å². The van der Waals surface area contributed by atoms with E-state index >= 15 is 0 Å². The second-order valence-corrected chi connectivity index (χ2v) is 6.73. The van der Waals surface area contributed by atoms with E-state index < -0.39 is 5.97 Å². The van der Waals surface area contributed by atoms with E-state index in [0.717, 1.165) is 34.9 Å². The molecule has 4 nitrogen and oxygen atoms in total. The predicted octanol–water partition coefficient (Wildman–Crippen LogP) is 4.36. The number of aliphatic carboxylic acids is 1. The number of carbonyl (C=O) groups is 1. The van der Waals surface area contributed by atoms with E-state index in [2.05, 4.69) is 0 Å². The summed E-state index contributed by atoms with van der Waals surface area (Å²) in [5.41, 5.74) is 3.37. The first-order valence-electron chi connectivity index (χ1n) is 8.03. The van der Waals surface area contributed by atoms with Crippen molar-refractivity contribution < 1.29 is 19.4 Å². The maximum Gasteiger partial charge on any atom is 0.304 e. The summed E-state index contributed by atoms with van der Waals surface area (Å²) in [5.74, 6) is 0.587. The van der Waals surface area contributed by atoms with E-state index in [1.165, 1.54) is 11.1 Å².